The highest BCUT2D eigenvalue weighted by molar-refractivity contribution is 4.94. The van der Waals surface area contributed by atoms with Gasteiger partial charge in [-0.25, -0.2) is 0 Å². The summed E-state index contributed by atoms with van der Waals surface area (Å²) < 4.78 is 13.0. The summed E-state index contributed by atoms with van der Waals surface area (Å²) in [6.07, 6.45) is 5.10. The Labute approximate surface area is 78.3 Å². The predicted octanol–water partition coefficient (Wildman–Crippen LogP) is 1.29. The Morgan fingerprint density at radius 1 is 1.46 bits per heavy atom. The maximum absolute atomic E-state index is 5.53. The van der Waals surface area contributed by atoms with Gasteiger partial charge in [-0.3, -0.25) is 0 Å². The summed E-state index contributed by atoms with van der Waals surface area (Å²) >= 11 is 0. The molecule has 0 bridgehead atoms. The van der Waals surface area contributed by atoms with Gasteiger partial charge in [0.25, 0.3) is 0 Å². The number of hydrogen-bond donors (Lipinski definition) is 0. The Bertz CT molecular complexity index is 250. The second-order valence-electron chi connectivity index (χ2n) is 3.55. The molecule has 0 amide bonds. The lowest BCUT2D eigenvalue weighted by Crippen LogP contribution is -2.36. The molecule has 1 aromatic heterocycles. The maximum Gasteiger partial charge on any atom is 0.111 e. The fourth-order valence-electron chi connectivity index (χ4n) is 1.75. The number of methoxy groups -OCH3 is 1. The van der Waals surface area contributed by atoms with Crippen LogP contribution in [0.1, 0.15) is 6.42 Å². The topological polar surface area (TPSA) is 23.4 Å². The van der Waals surface area contributed by atoms with Crippen LogP contribution in [-0.2, 0) is 16.0 Å². The normalized spacial score (nSPS) is 28.1. The van der Waals surface area contributed by atoms with Crippen LogP contribution in [0.5, 0.6) is 0 Å². The third-order valence-corrected chi connectivity index (χ3v) is 2.64. The van der Waals surface area contributed by atoms with E-state index in [1.54, 1.807) is 7.11 Å². The minimum Gasteiger partial charge on any atom is -0.378 e. The summed E-state index contributed by atoms with van der Waals surface area (Å²) in [6.45, 7) is 2.41. The van der Waals surface area contributed by atoms with Gasteiger partial charge in [0.2, 0.25) is 0 Å². The summed E-state index contributed by atoms with van der Waals surface area (Å²) in [5.41, 5.74) is -0.0982. The van der Waals surface area contributed by atoms with Gasteiger partial charge in [0.1, 0.15) is 5.60 Å². The quantitative estimate of drug-likeness (QED) is 0.701. The molecule has 0 aromatic carbocycles. The van der Waals surface area contributed by atoms with Crippen molar-refractivity contribution in [2.75, 3.05) is 20.3 Å². The number of ether oxygens (including phenoxy) is 2. The smallest absolute Gasteiger partial charge is 0.111 e. The lowest BCUT2D eigenvalue weighted by atomic mass is 10.0. The Morgan fingerprint density at radius 3 is 2.77 bits per heavy atom. The van der Waals surface area contributed by atoms with Gasteiger partial charge >= 0.3 is 0 Å². The third-order valence-electron chi connectivity index (χ3n) is 2.64. The second-order valence-corrected chi connectivity index (χ2v) is 3.55. The maximum atomic E-state index is 5.53. The van der Waals surface area contributed by atoms with E-state index in [-0.39, 0.29) is 5.60 Å². The van der Waals surface area contributed by atoms with Crippen LogP contribution in [0.4, 0.5) is 0 Å². The average Bonchev–Trinajstić information content (AvgIpc) is 2.77. The van der Waals surface area contributed by atoms with Crippen molar-refractivity contribution < 1.29 is 9.47 Å². The van der Waals surface area contributed by atoms with Crippen molar-refractivity contribution >= 4 is 0 Å². The lowest BCUT2D eigenvalue weighted by Gasteiger charge is -2.26. The molecule has 2 rings (SSSR count). The van der Waals surface area contributed by atoms with Crippen molar-refractivity contribution in [3.63, 3.8) is 0 Å². The molecule has 2 heterocycles. The minimum absolute atomic E-state index is 0.0982. The molecule has 1 fully saturated rings. The molecule has 0 spiro atoms. The number of aromatic nitrogens is 1. The molecule has 1 unspecified atom stereocenters. The second kappa shape index (κ2) is 3.52. The van der Waals surface area contributed by atoms with E-state index in [2.05, 4.69) is 17.0 Å². The molecule has 72 valence electrons. The van der Waals surface area contributed by atoms with Gasteiger partial charge in [-0.15, -0.1) is 0 Å². The summed E-state index contributed by atoms with van der Waals surface area (Å²) in [7, 11) is 1.76. The van der Waals surface area contributed by atoms with Gasteiger partial charge in [-0.1, -0.05) is 0 Å². The minimum atomic E-state index is -0.0982. The molecular formula is C10H15NO2. The molecular weight excluding hydrogens is 166 g/mol. The van der Waals surface area contributed by atoms with E-state index >= 15 is 0 Å². The van der Waals surface area contributed by atoms with E-state index in [4.69, 9.17) is 9.47 Å². The standard InChI is InChI=1S/C10H15NO2/c1-12-10(4-7-13-9-10)8-11-5-2-3-6-11/h2-3,5-6H,4,7-9H2,1H3. The number of nitrogens with zero attached hydrogens (tertiary/aromatic N) is 1. The lowest BCUT2D eigenvalue weighted by molar-refractivity contribution is -0.0294. The number of hydrogen-bond acceptors (Lipinski definition) is 2. The Morgan fingerprint density at radius 2 is 2.23 bits per heavy atom. The van der Waals surface area contributed by atoms with Crippen LogP contribution < -0.4 is 0 Å². The molecule has 1 aliphatic heterocycles. The highest BCUT2D eigenvalue weighted by Crippen LogP contribution is 2.24. The third kappa shape index (κ3) is 1.76. The molecule has 13 heavy (non-hydrogen) atoms. The van der Waals surface area contributed by atoms with Gasteiger partial charge < -0.3 is 14.0 Å². The average molecular weight is 181 g/mol. The van der Waals surface area contributed by atoms with Crippen LogP contribution in [0.2, 0.25) is 0 Å². The summed E-state index contributed by atoms with van der Waals surface area (Å²) in [5.74, 6) is 0. The Kier molecular flexibility index (Phi) is 2.38. The van der Waals surface area contributed by atoms with Crippen molar-refractivity contribution in [2.24, 2.45) is 0 Å². The molecule has 1 aromatic rings. The van der Waals surface area contributed by atoms with Crippen LogP contribution in [0, 0.1) is 0 Å². The number of rotatable bonds is 3. The van der Waals surface area contributed by atoms with Crippen LogP contribution in [0.25, 0.3) is 0 Å². The first-order valence-corrected chi connectivity index (χ1v) is 4.58. The first-order chi connectivity index (χ1) is 6.35. The van der Waals surface area contributed by atoms with E-state index in [0.717, 1.165) is 19.6 Å². The summed E-state index contributed by atoms with van der Waals surface area (Å²) in [4.78, 5) is 0. The molecule has 0 saturated carbocycles. The van der Waals surface area contributed by atoms with Crippen LogP contribution in [-0.4, -0.2) is 30.5 Å². The van der Waals surface area contributed by atoms with Gasteiger partial charge in [-0.2, -0.15) is 0 Å². The molecule has 1 saturated heterocycles. The van der Waals surface area contributed by atoms with Crippen molar-refractivity contribution in [3.8, 4) is 0 Å². The molecule has 1 atom stereocenters. The molecule has 0 N–H and O–H groups in total. The largest absolute Gasteiger partial charge is 0.378 e. The highest BCUT2D eigenvalue weighted by Gasteiger charge is 2.34. The zero-order valence-electron chi connectivity index (χ0n) is 7.90. The first-order valence-electron chi connectivity index (χ1n) is 4.58. The van der Waals surface area contributed by atoms with Gasteiger partial charge in [0.15, 0.2) is 0 Å². The van der Waals surface area contributed by atoms with Crippen molar-refractivity contribution in [1.82, 2.24) is 4.57 Å². The van der Waals surface area contributed by atoms with Crippen molar-refractivity contribution in [3.05, 3.63) is 24.5 Å². The molecule has 1 aliphatic rings. The monoisotopic (exact) mass is 181 g/mol. The molecule has 0 aliphatic carbocycles. The summed E-state index contributed by atoms with van der Waals surface area (Å²) in [6, 6.07) is 4.05. The fourth-order valence-corrected chi connectivity index (χ4v) is 1.75. The van der Waals surface area contributed by atoms with Gasteiger partial charge in [-0.05, 0) is 12.1 Å². The van der Waals surface area contributed by atoms with E-state index in [0.29, 0.717) is 6.61 Å². The Hall–Kier alpha value is -0.800. The SMILES string of the molecule is COC1(Cn2cccc2)CCOC1. The summed E-state index contributed by atoms with van der Waals surface area (Å²) in [5, 5.41) is 0. The Balaban J connectivity index is 2.06. The van der Waals surface area contributed by atoms with E-state index in [9.17, 15) is 0 Å². The van der Waals surface area contributed by atoms with E-state index in [1.165, 1.54) is 0 Å². The van der Waals surface area contributed by atoms with E-state index < -0.39 is 0 Å². The predicted molar refractivity (Wildman–Crippen MR) is 49.6 cm³/mol. The fraction of sp³-hybridized carbons (Fsp3) is 0.600. The molecule has 3 nitrogen and oxygen atoms in total. The van der Waals surface area contributed by atoms with Gasteiger partial charge in [0.05, 0.1) is 13.2 Å². The van der Waals surface area contributed by atoms with Gasteiger partial charge in [0, 0.05) is 32.5 Å². The zero-order chi connectivity index (χ0) is 9.15. The van der Waals surface area contributed by atoms with Crippen LogP contribution >= 0.6 is 0 Å². The first kappa shape index (κ1) is 8.78. The van der Waals surface area contributed by atoms with E-state index in [1.807, 2.05) is 12.1 Å². The van der Waals surface area contributed by atoms with Crippen molar-refractivity contribution in [1.29, 1.82) is 0 Å². The molecule has 0 radical (unpaired) electrons. The van der Waals surface area contributed by atoms with Crippen molar-refractivity contribution in [2.45, 2.75) is 18.6 Å². The highest BCUT2D eigenvalue weighted by atomic mass is 16.5. The van der Waals surface area contributed by atoms with Crippen LogP contribution in [0.15, 0.2) is 24.5 Å². The van der Waals surface area contributed by atoms with Crippen LogP contribution in [0.3, 0.4) is 0 Å². The zero-order valence-corrected chi connectivity index (χ0v) is 7.90. The molecule has 3 heteroatoms.